The number of hydrogen-bond donors (Lipinski definition) is 1. The van der Waals surface area contributed by atoms with Gasteiger partial charge in [-0.25, -0.2) is 0 Å². The molecule has 1 amide bonds. The first-order chi connectivity index (χ1) is 10.1. The number of anilines is 1. The molecule has 106 valence electrons. The summed E-state index contributed by atoms with van der Waals surface area (Å²) in [4.78, 5) is 12.0. The Kier molecular flexibility index (Phi) is 3.57. The zero-order valence-corrected chi connectivity index (χ0v) is 12.5. The van der Waals surface area contributed by atoms with Gasteiger partial charge in [0, 0.05) is 18.2 Å². The Labute approximate surface area is 128 Å². The highest BCUT2D eigenvalue weighted by Crippen LogP contribution is 2.22. The van der Waals surface area contributed by atoms with Crippen LogP contribution in [0.3, 0.4) is 0 Å². The van der Waals surface area contributed by atoms with Crippen LogP contribution in [0.15, 0.2) is 49.9 Å². The number of carbonyl (C=O) groups excluding carboxylic acids is 1. The van der Waals surface area contributed by atoms with Crippen molar-refractivity contribution in [1.29, 1.82) is 0 Å². The monoisotopic (exact) mass is 347 g/mol. The van der Waals surface area contributed by atoms with Gasteiger partial charge in [0.1, 0.15) is 0 Å². The maximum atomic E-state index is 12.0. The van der Waals surface area contributed by atoms with Crippen LogP contribution < -0.4 is 5.32 Å². The maximum absolute atomic E-state index is 12.0. The van der Waals surface area contributed by atoms with Crippen LogP contribution in [0.5, 0.6) is 0 Å². The first-order valence-electron chi connectivity index (χ1n) is 6.09. The number of furan rings is 1. The van der Waals surface area contributed by atoms with E-state index in [0.717, 1.165) is 5.56 Å². The van der Waals surface area contributed by atoms with E-state index < -0.39 is 0 Å². The lowest BCUT2D eigenvalue weighted by molar-refractivity contribution is 0.0995. The van der Waals surface area contributed by atoms with Gasteiger partial charge < -0.3 is 14.2 Å². The van der Waals surface area contributed by atoms with Gasteiger partial charge >= 0.3 is 0 Å². The van der Waals surface area contributed by atoms with E-state index >= 15 is 0 Å². The van der Waals surface area contributed by atoms with Crippen molar-refractivity contribution in [3.63, 3.8) is 0 Å². The van der Waals surface area contributed by atoms with Crippen molar-refractivity contribution in [3.05, 3.63) is 52.7 Å². The van der Waals surface area contributed by atoms with Crippen molar-refractivity contribution in [2.45, 2.75) is 6.92 Å². The zero-order valence-electron chi connectivity index (χ0n) is 11.0. The van der Waals surface area contributed by atoms with Crippen LogP contribution in [0.4, 0.5) is 5.69 Å². The molecule has 0 aliphatic heterocycles. The quantitative estimate of drug-likeness (QED) is 0.781. The second-order valence-electron chi connectivity index (χ2n) is 4.26. The molecular formula is C14H10BrN3O3. The lowest BCUT2D eigenvalue weighted by atomic mass is 10.2. The van der Waals surface area contributed by atoms with E-state index in [2.05, 4.69) is 31.4 Å². The number of carbonyl (C=O) groups is 1. The summed E-state index contributed by atoms with van der Waals surface area (Å²) in [7, 11) is 0. The summed E-state index contributed by atoms with van der Waals surface area (Å²) in [6.45, 7) is 1.72. The highest BCUT2D eigenvalue weighted by atomic mass is 79.9. The van der Waals surface area contributed by atoms with E-state index in [4.69, 9.17) is 8.83 Å². The number of halogens is 1. The predicted molar refractivity (Wildman–Crippen MR) is 78.8 cm³/mol. The molecule has 0 unspecified atom stereocenters. The Balaban J connectivity index is 1.82. The lowest BCUT2D eigenvalue weighted by Gasteiger charge is -2.04. The van der Waals surface area contributed by atoms with Crippen molar-refractivity contribution >= 4 is 27.5 Å². The van der Waals surface area contributed by atoms with E-state index in [9.17, 15) is 4.79 Å². The summed E-state index contributed by atoms with van der Waals surface area (Å²) in [5.41, 5.74) is 1.34. The van der Waals surface area contributed by atoms with Crippen LogP contribution in [0.2, 0.25) is 0 Å². The zero-order chi connectivity index (χ0) is 14.8. The van der Waals surface area contributed by atoms with Crippen molar-refractivity contribution < 1.29 is 13.6 Å². The predicted octanol–water partition coefficient (Wildman–Crippen LogP) is 3.65. The topological polar surface area (TPSA) is 81.2 Å². The highest BCUT2D eigenvalue weighted by Gasteiger charge is 2.12. The summed E-state index contributed by atoms with van der Waals surface area (Å²) in [6, 6.07) is 10.4. The lowest BCUT2D eigenvalue weighted by Crippen LogP contribution is -2.10. The number of hydrogen-bond acceptors (Lipinski definition) is 5. The summed E-state index contributed by atoms with van der Waals surface area (Å²) in [6.07, 6.45) is 0. The minimum absolute atomic E-state index is 0.223. The van der Waals surface area contributed by atoms with E-state index in [0.29, 0.717) is 22.1 Å². The van der Waals surface area contributed by atoms with Gasteiger partial charge in [0.05, 0.1) is 0 Å². The molecule has 0 saturated heterocycles. The molecule has 0 aliphatic carbocycles. The third-order valence-electron chi connectivity index (χ3n) is 2.69. The summed E-state index contributed by atoms with van der Waals surface area (Å²) >= 11 is 3.16. The number of rotatable bonds is 3. The molecule has 2 aromatic heterocycles. The summed E-state index contributed by atoms with van der Waals surface area (Å²) in [5.74, 6) is 0.782. The first kappa shape index (κ1) is 13.6. The van der Waals surface area contributed by atoms with Gasteiger partial charge in [-0.05, 0) is 46.3 Å². The average molecular weight is 348 g/mol. The Morgan fingerprint density at radius 3 is 2.71 bits per heavy atom. The molecule has 0 radical (unpaired) electrons. The third-order valence-corrected chi connectivity index (χ3v) is 3.12. The van der Waals surface area contributed by atoms with Crippen molar-refractivity contribution in [1.82, 2.24) is 10.2 Å². The van der Waals surface area contributed by atoms with Crippen molar-refractivity contribution in [3.8, 4) is 11.5 Å². The second-order valence-corrected chi connectivity index (χ2v) is 5.05. The fourth-order valence-corrected chi connectivity index (χ4v) is 2.08. The standard InChI is InChI=1S/C14H10BrN3O3/c1-8-17-18-14(20-8)9-3-2-4-10(7-9)16-13(19)11-5-6-12(15)21-11/h2-7H,1H3,(H,16,19). The highest BCUT2D eigenvalue weighted by molar-refractivity contribution is 9.10. The Morgan fingerprint density at radius 1 is 1.19 bits per heavy atom. The Bertz CT molecular complexity index is 794. The number of amides is 1. The van der Waals surface area contributed by atoms with Gasteiger partial charge in [-0.1, -0.05) is 6.07 Å². The number of benzene rings is 1. The van der Waals surface area contributed by atoms with Crippen molar-refractivity contribution in [2.75, 3.05) is 5.32 Å². The largest absolute Gasteiger partial charge is 0.444 e. The molecule has 0 aliphatic rings. The third kappa shape index (κ3) is 3.03. The summed E-state index contributed by atoms with van der Waals surface area (Å²) < 4.78 is 11.1. The van der Waals surface area contributed by atoms with E-state index in [-0.39, 0.29) is 11.7 Å². The molecule has 0 spiro atoms. The minimum Gasteiger partial charge on any atom is -0.444 e. The summed E-state index contributed by atoms with van der Waals surface area (Å²) in [5, 5.41) is 10.5. The SMILES string of the molecule is Cc1nnc(-c2cccc(NC(=O)c3ccc(Br)o3)c2)o1. The molecular weight excluding hydrogens is 338 g/mol. The van der Waals surface area contributed by atoms with Gasteiger partial charge in [-0.15, -0.1) is 10.2 Å². The fourth-order valence-electron chi connectivity index (χ4n) is 1.77. The Morgan fingerprint density at radius 2 is 2.05 bits per heavy atom. The first-order valence-corrected chi connectivity index (χ1v) is 6.88. The molecule has 0 fully saturated rings. The molecule has 7 heteroatoms. The Hall–Kier alpha value is -2.41. The van der Waals surface area contributed by atoms with Gasteiger partial charge in [0.2, 0.25) is 11.8 Å². The van der Waals surface area contributed by atoms with Crippen LogP contribution in [0, 0.1) is 6.92 Å². The average Bonchev–Trinajstić information content (AvgIpc) is 3.08. The molecule has 1 aromatic carbocycles. The smallest absolute Gasteiger partial charge is 0.291 e. The van der Waals surface area contributed by atoms with Gasteiger partial charge in [-0.2, -0.15) is 0 Å². The van der Waals surface area contributed by atoms with Gasteiger partial charge in [-0.3, -0.25) is 4.79 Å². The van der Waals surface area contributed by atoms with Crippen LogP contribution >= 0.6 is 15.9 Å². The molecule has 2 heterocycles. The van der Waals surface area contributed by atoms with E-state index in [1.165, 1.54) is 0 Å². The van der Waals surface area contributed by atoms with Crippen LogP contribution in [0.25, 0.3) is 11.5 Å². The molecule has 3 rings (SSSR count). The number of nitrogens with one attached hydrogen (secondary N) is 1. The number of aryl methyl sites for hydroxylation is 1. The van der Waals surface area contributed by atoms with Crippen molar-refractivity contribution in [2.24, 2.45) is 0 Å². The molecule has 1 N–H and O–H groups in total. The molecule has 21 heavy (non-hydrogen) atoms. The number of aromatic nitrogens is 2. The molecule has 3 aromatic rings. The minimum atomic E-state index is -0.334. The molecule has 0 atom stereocenters. The van der Waals surface area contributed by atoms with Crippen LogP contribution in [-0.4, -0.2) is 16.1 Å². The van der Waals surface area contributed by atoms with Crippen LogP contribution in [-0.2, 0) is 0 Å². The van der Waals surface area contributed by atoms with E-state index in [1.807, 2.05) is 6.07 Å². The van der Waals surface area contributed by atoms with Crippen LogP contribution in [0.1, 0.15) is 16.4 Å². The van der Waals surface area contributed by atoms with Gasteiger partial charge in [0.15, 0.2) is 10.4 Å². The van der Waals surface area contributed by atoms with E-state index in [1.54, 1.807) is 37.3 Å². The second kappa shape index (κ2) is 5.53. The fraction of sp³-hybridized carbons (Fsp3) is 0.0714. The molecule has 6 nitrogen and oxygen atoms in total. The molecule has 0 saturated carbocycles. The normalized spacial score (nSPS) is 10.6. The maximum Gasteiger partial charge on any atom is 0.291 e. The van der Waals surface area contributed by atoms with Gasteiger partial charge in [0.25, 0.3) is 5.91 Å². The number of nitrogens with zero attached hydrogens (tertiary/aromatic N) is 2. The molecule has 0 bridgehead atoms.